The second-order valence-corrected chi connectivity index (χ2v) is 5.97. The Morgan fingerprint density at radius 3 is 2.56 bits per heavy atom. The summed E-state index contributed by atoms with van der Waals surface area (Å²) in [4.78, 5) is 0. The molecule has 54 valence electrons. The topological polar surface area (TPSA) is 46.2 Å². The maximum atomic E-state index is 10.5. The smallest absolute Gasteiger partial charge is 0.246 e. The molecule has 0 aromatic rings. The third-order valence-electron chi connectivity index (χ3n) is 0.996. The molecule has 0 aromatic heterocycles. The van der Waals surface area contributed by atoms with Crippen LogP contribution in [0.5, 0.6) is 0 Å². The quantitative estimate of drug-likeness (QED) is 0.595. The molecule has 1 fully saturated rings. The number of hydrogen-bond donors (Lipinski definition) is 1. The fraction of sp³-hybridized carbons (Fsp3) is 1.00. The van der Waals surface area contributed by atoms with Crippen molar-refractivity contribution < 1.29 is 8.42 Å². The molecule has 9 heavy (non-hydrogen) atoms. The van der Waals surface area contributed by atoms with Gasteiger partial charge in [-0.3, -0.25) is 0 Å². The lowest BCUT2D eigenvalue weighted by Crippen LogP contribution is -2.17. The average Bonchev–Trinajstić information content (AvgIpc) is 2.08. The van der Waals surface area contributed by atoms with Crippen LogP contribution in [0.25, 0.3) is 0 Å². The highest BCUT2D eigenvalue weighted by molar-refractivity contribution is 8.24. The van der Waals surface area contributed by atoms with E-state index in [9.17, 15) is 8.42 Å². The lowest BCUT2D eigenvalue weighted by Gasteiger charge is -1.98. The van der Waals surface area contributed by atoms with Crippen molar-refractivity contribution in [2.45, 2.75) is 4.58 Å². The summed E-state index contributed by atoms with van der Waals surface area (Å²) >= 11 is 1.32. The van der Waals surface area contributed by atoms with Gasteiger partial charge in [0.05, 0.1) is 0 Å². The van der Waals surface area contributed by atoms with Gasteiger partial charge in [-0.2, -0.15) is 0 Å². The minimum atomic E-state index is -3.33. The van der Waals surface area contributed by atoms with Crippen molar-refractivity contribution in [1.82, 2.24) is 5.32 Å². The van der Waals surface area contributed by atoms with E-state index in [1.54, 1.807) is 0 Å². The van der Waals surface area contributed by atoms with E-state index in [-0.39, 0.29) is 0 Å². The molecule has 0 spiro atoms. The van der Waals surface area contributed by atoms with Crippen LogP contribution in [0.2, 0.25) is 0 Å². The summed E-state index contributed by atoms with van der Waals surface area (Å²) < 4.78 is 20.6. The Morgan fingerprint density at radius 1 is 1.67 bits per heavy atom. The third kappa shape index (κ3) is 2.00. The number of nitrogens with one attached hydrogen (secondary N) is 1. The van der Waals surface area contributed by atoms with E-state index in [0.29, 0.717) is 12.4 Å². The van der Waals surface area contributed by atoms with Crippen molar-refractivity contribution in [3.05, 3.63) is 0 Å². The molecule has 0 aromatic carbocycles. The van der Waals surface area contributed by atoms with Gasteiger partial charge in [-0.15, -0.1) is 11.8 Å². The number of rotatable bonds is 1. The number of hydrogen-bond acceptors (Lipinski definition) is 4. The molecular formula is C3H6ClNO2S2. The lowest BCUT2D eigenvalue weighted by atomic mass is 10.8. The van der Waals surface area contributed by atoms with E-state index in [1.165, 1.54) is 11.8 Å². The van der Waals surface area contributed by atoms with Crippen LogP contribution in [0.15, 0.2) is 0 Å². The zero-order chi connectivity index (χ0) is 6.91. The van der Waals surface area contributed by atoms with E-state index in [4.69, 9.17) is 10.7 Å². The zero-order valence-corrected chi connectivity index (χ0v) is 6.89. The van der Waals surface area contributed by atoms with Crippen LogP contribution in [0.4, 0.5) is 0 Å². The molecule has 1 N–H and O–H groups in total. The molecule has 1 saturated heterocycles. The van der Waals surface area contributed by atoms with Gasteiger partial charge in [0.15, 0.2) is 0 Å². The molecule has 1 rings (SSSR count). The molecule has 6 heteroatoms. The largest absolute Gasteiger partial charge is 0.306 e. The normalized spacial score (nSPS) is 28.8. The number of halogens is 1. The van der Waals surface area contributed by atoms with Gasteiger partial charge in [0.25, 0.3) is 0 Å². The molecule has 1 unspecified atom stereocenters. The lowest BCUT2D eigenvalue weighted by molar-refractivity contribution is 0.605. The average molecular weight is 188 g/mol. The summed E-state index contributed by atoms with van der Waals surface area (Å²) in [6, 6.07) is 0. The Hall–Kier alpha value is 0.550. The Morgan fingerprint density at radius 2 is 2.33 bits per heavy atom. The van der Waals surface area contributed by atoms with Gasteiger partial charge in [0.1, 0.15) is 4.58 Å². The van der Waals surface area contributed by atoms with Gasteiger partial charge in [0.2, 0.25) is 9.05 Å². The van der Waals surface area contributed by atoms with Crippen LogP contribution < -0.4 is 5.32 Å². The summed E-state index contributed by atoms with van der Waals surface area (Å²) in [5.74, 6) is 0.677. The fourth-order valence-electron chi connectivity index (χ4n) is 0.568. The van der Waals surface area contributed by atoms with Crippen molar-refractivity contribution in [2.75, 3.05) is 12.4 Å². The molecule has 0 amide bonds. The summed E-state index contributed by atoms with van der Waals surface area (Å²) in [6.45, 7) is 0.469. The molecule has 0 radical (unpaired) electrons. The maximum Gasteiger partial charge on any atom is 0.246 e. The molecule has 0 bridgehead atoms. The molecular weight excluding hydrogens is 182 g/mol. The van der Waals surface area contributed by atoms with Crippen molar-refractivity contribution in [3.8, 4) is 0 Å². The van der Waals surface area contributed by atoms with Gasteiger partial charge in [-0.25, -0.2) is 8.42 Å². The molecule has 0 saturated carbocycles. The first kappa shape index (κ1) is 7.65. The molecule has 1 aliphatic rings. The summed E-state index contributed by atoms with van der Waals surface area (Å²) in [7, 11) is 1.72. The second-order valence-electron chi connectivity index (χ2n) is 1.67. The highest BCUT2D eigenvalue weighted by Crippen LogP contribution is 2.22. The van der Waals surface area contributed by atoms with Gasteiger partial charge in [-0.1, -0.05) is 0 Å². The monoisotopic (exact) mass is 187 g/mol. The predicted molar refractivity (Wildman–Crippen MR) is 39.0 cm³/mol. The molecule has 3 nitrogen and oxygen atoms in total. The van der Waals surface area contributed by atoms with Crippen molar-refractivity contribution in [1.29, 1.82) is 0 Å². The summed E-state index contributed by atoms with van der Waals surface area (Å²) in [5, 5.41) is 2.88. The van der Waals surface area contributed by atoms with E-state index in [2.05, 4.69) is 5.32 Å². The highest BCUT2D eigenvalue weighted by Gasteiger charge is 2.26. The third-order valence-corrected chi connectivity index (χ3v) is 4.83. The first-order valence-electron chi connectivity index (χ1n) is 2.36. The standard InChI is InChI=1S/C3H6ClNO2S2/c4-9(6,7)3-1-5-2-8-3/h3,5H,1-2H2. The summed E-state index contributed by atoms with van der Waals surface area (Å²) in [5.41, 5.74) is 0. The summed E-state index contributed by atoms with van der Waals surface area (Å²) in [6.07, 6.45) is 0. The van der Waals surface area contributed by atoms with Gasteiger partial charge < -0.3 is 5.32 Å². The van der Waals surface area contributed by atoms with Crippen LogP contribution in [0, 0.1) is 0 Å². The highest BCUT2D eigenvalue weighted by atomic mass is 35.7. The Labute approximate surface area is 62.6 Å². The molecule has 1 atom stereocenters. The van der Waals surface area contributed by atoms with Crippen LogP contribution >= 0.6 is 22.4 Å². The Balaban J connectivity index is 2.63. The molecule has 1 aliphatic heterocycles. The fourth-order valence-corrected chi connectivity index (χ4v) is 3.05. The number of thioether (sulfide) groups is 1. The van der Waals surface area contributed by atoms with Crippen molar-refractivity contribution in [3.63, 3.8) is 0 Å². The first-order valence-corrected chi connectivity index (χ1v) is 5.78. The molecule has 1 heterocycles. The predicted octanol–water partition coefficient (Wildman–Crippen LogP) is 0.175. The van der Waals surface area contributed by atoms with E-state index in [0.717, 1.165) is 0 Å². The van der Waals surface area contributed by atoms with E-state index < -0.39 is 13.6 Å². The van der Waals surface area contributed by atoms with Crippen molar-refractivity contribution >= 4 is 31.5 Å². The second kappa shape index (κ2) is 2.65. The Kier molecular flexibility index (Phi) is 2.26. The minimum absolute atomic E-state index is 0.445. The van der Waals surface area contributed by atoms with Crippen LogP contribution in [0.1, 0.15) is 0 Å². The van der Waals surface area contributed by atoms with Crippen LogP contribution in [0.3, 0.4) is 0 Å². The van der Waals surface area contributed by atoms with Crippen LogP contribution in [-0.4, -0.2) is 25.4 Å². The van der Waals surface area contributed by atoms with E-state index in [1.807, 2.05) is 0 Å². The minimum Gasteiger partial charge on any atom is -0.306 e. The van der Waals surface area contributed by atoms with E-state index >= 15 is 0 Å². The van der Waals surface area contributed by atoms with Crippen LogP contribution in [-0.2, 0) is 9.05 Å². The van der Waals surface area contributed by atoms with Crippen molar-refractivity contribution in [2.24, 2.45) is 0 Å². The van der Waals surface area contributed by atoms with Gasteiger partial charge in [-0.05, 0) is 0 Å². The SMILES string of the molecule is O=S(=O)(Cl)C1CNCS1. The molecule has 0 aliphatic carbocycles. The maximum absolute atomic E-state index is 10.5. The van der Waals surface area contributed by atoms with Gasteiger partial charge in [0, 0.05) is 23.1 Å². The zero-order valence-electron chi connectivity index (χ0n) is 4.50. The first-order chi connectivity index (χ1) is 4.11. The van der Waals surface area contributed by atoms with Gasteiger partial charge >= 0.3 is 0 Å². The Bertz CT molecular complexity index is 184.